The van der Waals surface area contributed by atoms with E-state index in [1.807, 2.05) is 41.2 Å². The largest absolute Gasteiger partial charge is 0.351 e. The SMILES string of the molecule is CS(=O)(=O)C1(C(=O)NCc2cccc(Cn3cccn3)c2)CCNCC1. The average molecular weight is 376 g/mol. The lowest BCUT2D eigenvalue weighted by atomic mass is 9.95. The summed E-state index contributed by atoms with van der Waals surface area (Å²) in [6.07, 6.45) is 5.38. The van der Waals surface area contributed by atoms with Gasteiger partial charge in [0.05, 0.1) is 6.54 Å². The van der Waals surface area contributed by atoms with Crippen LogP contribution in [0.1, 0.15) is 24.0 Å². The molecule has 140 valence electrons. The standard InChI is InChI=1S/C18H24N4O3S/c1-26(24,25)18(6-9-19-10-7-18)17(23)20-13-15-4-2-5-16(12-15)14-22-11-3-8-21-22/h2-5,8,11-12,19H,6-7,9-10,13-14H2,1H3,(H,20,23). The molecule has 2 aromatic rings. The number of hydrogen-bond acceptors (Lipinski definition) is 5. The molecule has 8 heteroatoms. The number of nitrogens with zero attached hydrogens (tertiary/aromatic N) is 2. The zero-order valence-corrected chi connectivity index (χ0v) is 15.6. The first-order valence-electron chi connectivity index (χ1n) is 8.65. The fourth-order valence-corrected chi connectivity index (χ4v) is 4.71. The third-order valence-electron chi connectivity index (χ3n) is 4.88. The van der Waals surface area contributed by atoms with Gasteiger partial charge in [-0.3, -0.25) is 9.48 Å². The lowest BCUT2D eigenvalue weighted by molar-refractivity contribution is -0.124. The Morgan fingerprint density at radius 2 is 2.00 bits per heavy atom. The zero-order chi connectivity index (χ0) is 18.6. The van der Waals surface area contributed by atoms with Gasteiger partial charge in [-0.2, -0.15) is 5.10 Å². The molecule has 7 nitrogen and oxygen atoms in total. The summed E-state index contributed by atoms with van der Waals surface area (Å²) >= 11 is 0. The van der Waals surface area contributed by atoms with Crippen LogP contribution in [-0.4, -0.2) is 48.2 Å². The number of rotatable bonds is 6. The summed E-state index contributed by atoms with van der Waals surface area (Å²) in [6, 6.07) is 9.71. The van der Waals surface area contributed by atoms with Gasteiger partial charge in [0, 0.05) is 25.2 Å². The second kappa shape index (κ2) is 7.59. The van der Waals surface area contributed by atoms with Crippen molar-refractivity contribution in [2.24, 2.45) is 0 Å². The molecule has 0 radical (unpaired) electrons. The van der Waals surface area contributed by atoms with Crippen LogP contribution in [0.15, 0.2) is 42.7 Å². The fourth-order valence-electron chi connectivity index (χ4n) is 3.36. The van der Waals surface area contributed by atoms with Gasteiger partial charge in [0.15, 0.2) is 14.6 Å². The monoisotopic (exact) mass is 376 g/mol. The second-order valence-corrected chi connectivity index (χ2v) is 9.05. The van der Waals surface area contributed by atoms with Crippen molar-refractivity contribution >= 4 is 15.7 Å². The number of aromatic nitrogens is 2. The average Bonchev–Trinajstić information content (AvgIpc) is 3.12. The highest BCUT2D eigenvalue weighted by molar-refractivity contribution is 7.92. The second-order valence-electron chi connectivity index (χ2n) is 6.72. The van der Waals surface area contributed by atoms with Crippen LogP contribution in [0.2, 0.25) is 0 Å². The van der Waals surface area contributed by atoms with Crippen molar-refractivity contribution in [2.45, 2.75) is 30.7 Å². The number of carbonyl (C=O) groups excluding carboxylic acids is 1. The molecule has 0 aliphatic carbocycles. The van der Waals surface area contributed by atoms with E-state index in [9.17, 15) is 13.2 Å². The smallest absolute Gasteiger partial charge is 0.241 e. The molecule has 2 N–H and O–H groups in total. The summed E-state index contributed by atoms with van der Waals surface area (Å²) in [5.74, 6) is -0.404. The molecule has 0 bridgehead atoms. The maximum absolute atomic E-state index is 12.7. The number of carbonyl (C=O) groups is 1. The minimum Gasteiger partial charge on any atom is -0.351 e. The van der Waals surface area contributed by atoms with Crippen LogP contribution < -0.4 is 10.6 Å². The van der Waals surface area contributed by atoms with Crippen molar-refractivity contribution < 1.29 is 13.2 Å². The topological polar surface area (TPSA) is 93.1 Å². The Labute approximate surface area is 153 Å². The summed E-state index contributed by atoms with van der Waals surface area (Å²) < 4.78 is 25.1. The molecule has 1 aromatic carbocycles. The molecule has 3 rings (SSSR count). The lowest BCUT2D eigenvalue weighted by Gasteiger charge is -2.34. The first kappa shape index (κ1) is 18.6. The van der Waals surface area contributed by atoms with E-state index in [-0.39, 0.29) is 0 Å². The van der Waals surface area contributed by atoms with E-state index in [1.54, 1.807) is 6.20 Å². The molecule has 1 fully saturated rings. The summed E-state index contributed by atoms with van der Waals surface area (Å²) in [4.78, 5) is 12.7. The highest BCUT2D eigenvalue weighted by Crippen LogP contribution is 2.28. The number of amides is 1. The maximum atomic E-state index is 12.7. The third kappa shape index (κ3) is 3.96. The van der Waals surface area contributed by atoms with E-state index in [2.05, 4.69) is 15.7 Å². The Balaban J connectivity index is 1.69. The van der Waals surface area contributed by atoms with Crippen LogP contribution in [0, 0.1) is 0 Å². The Morgan fingerprint density at radius 3 is 2.65 bits per heavy atom. The van der Waals surface area contributed by atoms with E-state index in [4.69, 9.17) is 0 Å². The van der Waals surface area contributed by atoms with Gasteiger partial charge < -0.3 is 10.6 Å². The molecule has 0 atom stereocenters. The predicted molar refractivity (Wildman–Crippen MR) is 99.3 cm³/mol. The fraction of sp³-hybridized carbons (Fsp3) is 0.444. The van der Waals surface area contributed by atoms with Gasteiger partial charge in [0.1, 0.15) is 0 Å². The van der Waals surface area contributed by atoms with Crippen molar-refractivity contribution in [3.05, 3.63) is 53.9 Å². The molecule has 1 aliphatic heterocycles. The molecule has 26 heavy (non-hydrogen) atoms. The van der Waals surface area contributed by atoms with E-state index < -0.39 is 20.5 Å². The number of hydrogen-bond donors (Lipinski definition) is 2. The normalized spacial score (nSPS) is 17.0. The predicted octanol–water partition coefficient (Wildman–Crippen LogP) is 0.714. The van der Waals surface area contributed by atoms with Crippen molar-refractivity contribution in [2.75, 3.05) is 19.3 Å². The Hall–Kier alpha value is -2.19. The van der Waals surface area contributed by atoms with Crippen LogP contribution in [0.4, 0.5) is 0 Å². The first-order chi connectivity index (χ1) is 12.4. The molecular weight excluding hydrogens is 352 g/mol. The Bertz CT molecular complexity index is 856. The van der Waals surface area contributed by atoms with Gasteiger partial charge in [-0.05, 0) is 43.1 Å². The summed E-state index contributed by atoms with van der Waals surface area (Å²) in [5, 5.41) is 10.1. The minimum absolute atomic E-state index is 0.302. The lowest BCUT2D eigenvalue weighted by Crippen LogP contribution is -2.57. The quantitative estimate of drug-likeness (QED) is 0.775. The van der Waals surface area contributed by atoms with E-state index in [1.165, 1.54) is 0 Å². The number of sulfone groups is 1. The summed E-state index contributed by atoms with van der Waals surface area (Å²) in [5.41, 5.74) is 2.00. The molecule has 1 amide bonds. The maximum Gasteiger partial charge on any atom is 0.241 e. The number of nitrogens with one attached hydrogen (secondary N) is 2. The Kier molecular flexibility index (Phi) is 5.43. The van der Waals surface area contributed by atoms with Crippen molar-refractivity contribution in [1.29, 1.82) is 0 Å². The van der Waals surface area contributed by atoms with Gasteiger partial charge in [-0.15, -0.1) is 0 Å². The Morgan fingerprint density at radius 1 is 1.27 bits per heavy atom. The van der Waals surface area contributed by atoms with E-state index in [0.29, 0.717) is 39.0 Å². The number of piperidine rings is 1. The molecule has 1 aromatic heterocycles. The molecule has 1 aliphatic rings. The molecule has 2 heterocycles. The van der Waals surface area contributed by atoms with Gasteiger partial charge >= 0.3 is 0 Å². The molecule has 0 spiro atoms. The van der Waals surface area contributed by atoms with Crippen LogP contribution in [-0.2, 0) is 27.7 Å². The van der Waals surface area contributed by atoms with Gasteiger partial charge in [0.25, 0.3) is 0 Å². The minimum atomic E-state index is -3.50. The number of benzene rings is 1. The van der Waals surface area contributed by atoms with Crippen LogP contribution >= 0.6 is 0 Å². The molecule has 0 saturated carbocycles. The van der Waals surface area contributed by atoms with Gasteiger partial charge in [0.2, 0.25) is 5.91 Å². The van der Waals surface area contributed by atoms with Gasteiger partial charge in [-0.1, -0.05) is 24.3 Å². The van der Waals surface area contributed by atoms with E-state index >= 15 is 0 Å². The van der Waals surface area contributed by atoms with Gasteiger partial charge in [-0.25, -0.2) is 8.42 Å². The van der Waals surface area contributed by atoms with Crippen molar-refractivity contribution in [3.63, 3.8) is 0 Å². The highest BCUT2D eigenvalue weighted by atomic mass is 32.2. The molecular formula is C18H24N4O3S. The molecule has 1 saturated heterocycles. The van der Waals surface area contributed by atoms with Crippen LogP contribution in [0.3, 0.4) is 0 Å². The summed E-state index contributed by atoms with van der Waals surface area (Å²) in [7, 11) is -3.50. The third-order valence-corrected chi connectivity index (χ3v) is 6.90. The van der Waals surface area contributed by atoms with Crippen LogP contribution in [0.25, 0.3) is 0 Å². The molecule has 0 unspecified atom stereocenters. The highest BCUT2D eigenvalue weighted by Gasteiger charge is 2.48. The zero-order valence-electron chi connectivity index (χ0n) is 14.8. The first-order valence-corrected chi connectivity index (χ1v) is 10.5. The van der Waals surface area contributed by atoms with Crippen molar-refractivity contribution in [1.82, 2.24) is 20.4 Å². The van der Waals surface area contributed by atoms with Crippen LogP contribution in [0.5, 0.6) is 0 Å². The summed E-state index contributed by atoms with van der Waals surface area (Å²) in [6.45, 7) is 2.00. The van der Waals surface area contributed by atoms with Crippen molar-refractivity contribution in [3.8, 4) is 0 Å². The van der Waals surface area contributed by atoms with E-state index in [0.717, 1.165) is 17.4 Å².